The molecule has 0 saturated heterocycles. The van der Waals surface area contributed by atoms with E-state index >= 15 is 0 Å². The zero-order valence-corrected chi connectivity index (χ0v) is 9.23. The number of rotatable bonds is 1. The van der Waals surface area contributed by atoms with Crippen molar-refractivity contribution in [3.8, 4) is 17.2 Å². The highest BCUT2D eigenvalue weighted by molar-refractivity contribution is 5.76. The Kier molecular flexibility index (Phi) is 2.37. The second-order valence-electron chi connectivity index (χ2n) is 3.66. The fourth-order valence-electron chi connectivity index (χ4n) is 1.74. The summed E-state index contributed by atoms with van der Waals surface area (Å²) in [5.74, 6) is 0.641. The zero-order valence-electron chi connectivity index (χ0n) is 9.23. The molecule has 0 spiro atoms. The van der Waals surface area contributed by atoms with E-state index in [-0.39, 0.29) is 0 Å². The summed E-state index contributed by atoms with van der Waals surface area (Å²) < 4.78 is 1.66. The maximum atomic E-state index is 8.72. The Hall–Kier alpha value is -2.28. The average molecular weight is 212 g/mol. The van der Waals surface area contributed by atoms with Gasteiger partial charge in [0.2, 0.25) is 0 Å². The predicted molar refractivity (Wildman–Crippen MR) is 62.5 cm³/mol. The largest absolute Gasteiger partial charge is 0.383 e. The molecule has 0 saturated carbocycles. The van der Waals surface area contributed by atoms with Gasteiger partial charge in [0.15, 0.2) is 0 Å². The Balaban J connectivity index is 2.55. The minimum Gasteiger partial charge on any atom is -0.383 e. The van der Waals surface area contributed by atoms with Gasteiger partial charge in [-0.3, -0.25) is 4.68 Å². The minimum atomic E-state index is 0.641. The van der Waals surface area contributed by atoms with Crippen molar-refractivity contribution in [1.82, 2.24) is 9.78 Å². The highest BCUT2D eigenvalue weighted by Gasteiger charge is 2.11. The molecule has 80 valence electrons. The van der Waals surface area contributed by atoms with Crippen LogP contribution < -0.4 is 5.73 Å². The van der Waals surface area contributed by atoms with E-state index in [0.717, 1.165) is 16.8 Å². The van der Waals surface area contributed by atoms with Gasteiger partial charge < -0.3 is 5.73 Å². The summed E-state index contributed by atoms with van der Waals surface area (Å²) in [7, 11) is 1.81. The third kappa shape index (κ3) is 1.52. The summed E-state index contributed by atoms with van der Waals surface area (Å²) >= 11 is 0. The van der Waals surface area contributed by atoms with Gasteiger partial charge in [-0.15, -0.1) is 0 Å². The first-order chi connectivity index (χ1) is 7.63. The normalized spacial score (nSPS) is 10.1. The van der Waals surface area contributed by atoms with Crippen LogP contribution in [0.4, 0.5) is 5.82 Å². The van der Waals surface area contributed by atoms with Gasteiger partial charge in [0.05, 0.1) is 17.3 Å². The molecule has 0 unspecified atom stereocenters. The van der Waals surface area contributed by atoms with Crippen molar-refractivity contribution in [1.29, 1.82) is 5.26 Å². The van der Waals surface area contributed by atoms with E-state index in [2.05, 4.69) is 11.2 Å². The Morgan fingerprint density at radius 2 is 1.94 bits per heavy atom. The monoisotopic (exact) mass is 212 g/mol. The molecular weight excluding hydrogens is 200 g/mol. The minimum absolute atomic E-state index is 0.641. The Labute approximate surface area is 93.9 Å². The summed E-state index contributed by atoms with van der Waals surface area (Å²) in [6.45, 7) is 1.92. The average Bonchev–Trinajstić information content (AvgIpc) is 2.54. The summed E-state index contributed by atoms with van der Waals surface area (Å²) in [6, 6.07) is 9.42. The van der Waals surface area contributed by atoms with Crippen LogP contribution in [0.25, 0.3) is 11.1 Å². The highest BCUT2D eigenvalue weighted by atomic mass is 15.3. The third-order valence-corrected chi connectivity index (χ3v) is 2.57. The van der Waals surface area contributed by atoms with Crippen LogP contribution in [0.15, 0.2) is 24.3 Å². The summed E-state index contributed by atoms with van der Waals surface area (Å²) in [5, 5.41) is 13.0. The highest BCUT2D eigenvalue weighted by Crippen LogP contribution is 2.28. The van der Waals surface area contributed by atoms with E-state index in [9.17, 15) is 0 Å². The molecule has 2 N–H and O–H groups in total. The van der Waals surface area contributed by atoms with Gasteiger partial charge in [-0.05, 0) is 24.6 Å². The van der Waals surface area contributed by atoms with Crippen LogP contribution in [0.1, 0.15) is 11.3 Å². The number of anilines is 1. The molecule has 2 aromatic rings. The second-order valence-corrected chi connectivity index (χ2v) is 3.66. The lowest BCUT2D eigenvalue weighted by atomic mass is 10.0. The van der Waals surface area contributed by atoms with Gasteiger partial charge in [0, 0.05) is 12.6 Å². The number of hydrogen-bond acceptors (Lipinski definition) is 3. The molecule has 0 aliphatic rings. The number of benzene rings is 1. The van der Waals surface area contributed by atoms with Crippen LogP contribution in [-0.4, -0.2) is 9.78 Å². The summed E-state index contributed by atoms with van der Waals surface area (Å²) in [5.41, 5.74) is 9.40. The molecule has 16 heavy (non-hydrogen) atoms. The molecule has 0 fully saturated rings. The standard InChI is InChI=1S/C12H12N4/c1-8-11(12(14)16(2)15-8)10-5-3-9(7-13)4-6-10/h3-6H,14H2,1-2H3. The first kappa shape index (κ1) is 10.2. The van der Waals surface area contributed by atoms with E-state index in [4.69, 9.17) is 11.0 Å². The lowest BCUT2D eigenvalue weighted by molar-refractivity contribution is 0.767. The Morgan fingerprint density at radius 1 is 1.31 bits per heavy atom. The molecule has 4 heteroatoms. The first-order valence-electron chi connectivity index (χ1n) is 4.93. The number of nitrogen functional groups attached to an aromatic ring is 1. The molecule has 0 amide bonds. The number of nitrogens with two attached hydrogens (primary N) is 1. The van der Waals surface area contributed by atoms with Gasteiger partial charge in [-0.1, -0.05) is 12.1 Å². The number of nitrogens with zero attached hydrogens (tertiary/aromatic N) is 3. The Bertz CT molecular complexity index is 558. The fourth-order valence-corrected chi connectivity index (χ4v) is 1.74. The number of hydrogen-bond donors (Lipinski definition) is 1. The Morgan fingerprint density at radius 3 is 2.38 bits per heavy atom. The van der Waals surface area contributed by atoms with Crippen LogP contribution >= 0.6 is 0 Å². The van der Waals surface area contributed by atoms with Crippen molar-refractivity contribution in [2.45, 2.75) is 6.92 Å². The van der Waals surface area contributed by atoms with Crippen molar-refractivity contribution < 1.29 is 0 Å². The quantitative estimate of drug-likeness (QED) is 0.784. The van der Waals surface area contributed by atoms with Gasteiger partial charge in [-0.25, -0.2) is 0 Å². The SMILES string of the molecule is Cc1nn(C)c(N)c1-c1ccc(C#N)cc1. The van der Waals surface area contributed by atoms with Crippen LogP contribution in [-0.2, 0) is 7.05 Å². The van der Waals surface area contributed by atoms with Gasteiger partial charge in [0.1, 0.15) is 5.82 Å². The first-order valence-corrected chi connectivity index (χ1v) is 4.93. The van der Waals surface area contributed by atoms with Gasteiger partial charge >= 0.3 is 0 Å². The van der Waals surface area contributed by atoms with Crippen LogP contribution in [0.3, 0.4) is 0 Å². The summed E-state index contributed by atoms with van der Waals surface area (Å²) in [6.07, 6.45) is 0. The maximum Gasteiger partial charge on any atom is 0.129 e. The molecule has 2 rings (SSSR count). The zero-order chi connectivity index (χ0) is 11.7. The van der Waals surface area contributed by atoms with E-state index < -0.39 is 0 Å². The van der Waals surface area contributed by atoms with E-state index in [1.165, 1.54) is 0 Å². The van der Waals surface area contributed by atoms with E-state index in [0.29, 0.717) is 11.4 Å². The van der Waals surface area contributed by atoms with Gasteiger partial charge in [0.25, 0.3) is 0 Å². The molecule has 0 aliphatic heterocycles. The van der Waals surface area contributed by atoms with Crippen molar-refractivity contribution in [2.24, 2.45) is 7.05 Å². The molecule has 1 aromatic carbocycles. The lowest BCUT2D eigenvalue weighted by Crippen LogP contribution is -1.97. The second kappa shape index (κ2) is 3.70. The molecule has 1 aromatic heterocycles. The molecule has 0 atom stereocenters. The van der Waals surface area contributed by atoms with Crippen LogP contribution in [0.5, 0.6) is 0 Å². The molecule has 0 radical (unpaired) electrons. The van der Waals surface area contributed by atoms with Crippen LogP contribution in [0.2, 0.25) is 0 Å². The number of nitriles is 1. The lowest BCUT2D eigenvalue weighted by Gasteiger charge is -2.01. The molecule has 4 nitrogen and oxygen atoms in total. The number of aryl methyl sites for hydroxylation is 2. The molecule has 0 bridgehead atoms. The smallest absolute Gasteiger partial charge is 0.129 e. The maximum absolute atomic E-state index is 8.72. The molecule has 0 aliphatic carbocycles. The van der Waals surface area contributed by atoms with Crippen LogP contribution in [0, 0.1) is 18.3 Å². The van der Waals surface area contributed by atoms with E-state index in [1.807, 2.05) is 26.1 Å². The predicted octanol–water partition coefficient (Wildman–Crippen LogP) is 1.85. The topological polar surface area (TPSA) is 67.6 Å². The van der Waals surface area contributed by atoms with Crippen molar-refractivity contribution in [2.75, 3.05) is 5.73 Å². The van der Waals surface area contributed by atoms with Crippen molar-refractivity contribution >= 4 is 5.82 Å². The van der Waals surface area contributed by atoms with Crippen molar-refractivity contribution in [3.63, 3.8) is 0 Å². The number of aromatic nitrogens is 2. The molecular formula is C12H12N4. The van der Waals surface area contributed by atoms with E-state index in [1.54, 1.807) is 16.8 Å². The fraction of sp³-hybridized carbons (Fsp3) is 0.167. The van der Waals surface area contributed by atoms with Crippen molar-refractivity contribution in [3.05, 3.63) is 35.5 Å². The molecule has 1 heterocycles. The van der Waals surface area contributed by atoms with Gasteiger partial charge in [-0.2, -0.15) is 10.4 Å². The third-order valence-electron chi connectivity index (χ3n) is 2.57. The summed E-state index contributed by atoms with van der Waals surface area (Å²) in [4.78, 5) is 0.